The van der Waals surface area contributed by atoms with Crippen LogP contribution >= 0.6 is 0 Å². The van der Waals surface area contributed by atoms with Crippen molar-refractivity contribution in [3.63, 3.8) is 0 Å². The van der Waals surface area contributed by atoms with E-state index in [1.165, 1.54) is 11.1 Å². The Morgan fingerprint density at radius 1 is 1.15 bits per heavy atom. The van der Waals surface area contributed by atoms with E-state index in [9.17, 15) is 4.79 Å². The molecule has 2 aromatic carbocycles. The van der Waals surface area contributed by atoms with Crippen molar-refractivity contribution in [3.05, 3.63) is 65.7 Å². The van der Waals surface area contributed by atoms with Gasteiger partial charge in [0.2, 0.25) is 5.91 Å². The van der Waals surface area contributed by atoms with Crippen molar-refractivity contribution >= 4 is 5.91 Å². The van der Waals surface area contributed by atoms with E-state index < -0.39 is 0 Å². The van der Waals surface area contributed by atoms with Gasteiger partial charge in [0.05, 0.1) is 13.0 Å². The number of carbonyl (C=O) groups excluding carboxylic acids is 1. The van der Waals surface area contributed by atoms with Crippen LogP contribution in [0.1, 0.15) is 24.0 Å². The molecule has 1 heterocycles. The normalized spacial score (nSPS) is 17.7. The first-order valence-corrected chi connectivity index (χ1v) is 9.30. The summed E-state index contributed by atoms with van der Waals surface area (Å²) in [4.78, 5) is 17.1. The average Bonchev–Trinajstić information content (AvgIpc) is 2.68. The summed E-state index contributed by atoms with van der Waals surface area (Å²) >= 11 is 0. The molecule has 1 saturated heterocycles. The van der Waals surface area contributed by atoms with Gasteiger partial charge in [-0.2, -0.15) is 0 Å². The second kappa shape index (κ2) is 8.86. The average molecular weight is 352 g/mol. The highest BCUT2D eigenvalue weighted by molar-refractivity contribution is 5.78. The molecule has 1 aliphatic heterocycles. The van der Waals surface area contributed by atoms with Gasteiger partial charge in [-0.05, 0) is 42.6 Å². The molecule has 4 heteroatoms. The maximum Gasteiger partial charge on any atom is 0.227 e. The van der Waals surface area contributed by atoms with Gasteiger partial charge in [-0.3, -0.25) is 9.69 Å². The van der Waals surface area contributed by atoms with Crippen LogP contribution in [0.5, 0.6) is 5.75 Å². The van der Waals surface area contributed by atoms with E-state index in [4.69, 9.17) is 4.74 Å². The van der Waals surface area contributed by atoms with Gasteiger partial charge in [0.25, 0.3) is 0 Å². The molecule has 138 valence electrons. The van der Waals surface area contributed by atoms with E-state index in [0.29, 0.717) is 6.54 Å². The lowest BCUT2D eigenvalue weighted by Gasteiger charge is -2.34. The number of likely N-dealkylation sites (tertiary alicyclic amines) is 1. The minimum Gasteiger partial charge on any atom is -0.497 e. The van der Waals surface area contributed by atoms with Crippen molar-refractivity contribution in [1.82, 2.24) is 9.80 Å². The van der Waals surface area contributed by atoms with Gasteiger partial charge >= 0.3 is 0 Å². The molecule has 0 aromatic heterocycles. The molecular weight excluding hydrogens is 324 g/mol. The summed E-state index contributed by atoms with van der Waals surface area (Å²) in [5.41, 5.74) is 2.41. The SMILES string of the molecule is COc1cccc(CN2CCCC(C(=O)N(C)Cc3ccccc3)C2)c1. The highest BCUT2D eigenvalue weighted by Gasteiger charge is 2.28. The van der Waals surface area contributed by atoms with E-state index >= 15 is 0 Å². The second-order valence-corrected chi connectivity index (χ2v) is 7.11. The van der Waals surface area contributed by atoms with E-state index in [1.807, 2.05) is 42.3 Å². The van der Waals surface area contributed by atoms with E-state index in [0.717, 1.165) is 38.2 Å². The number of nitrogens with zero attached hydrogens (tertiary/aromatic N) is 2. The molecule has 1 amide bonds. The highest BCUT2D eigenvalue weighted by atomic mass is 16.5. The molecule has 0 N–H and O–H groups in total. The first-order chi connectivity index (χ1) is 12.7. The molecule has 0 bridgehead atoms. The molecule has 0 aliphatic carbocycles. The summed E-state index contributed by atoms with van der Waals surface area (Å²) in [5.74, 6) is 1.22. The topological polar surface area (TPSA) is 32.8 Å². The predicted octanol–water partition coefficient (Wildman–Crippen LogP) is 3.57. The van der Waals surface area contributed by atoms with Crippen molar-refractivity contribution < 1.29 is 9.53 Å². The first-order valence-electron chi connectivity index (χ1n) is 9.30. The number of benzene rings is 2. The Morgan fingerprint density at radius 2 is 1.92 bits per heavy atom. The summed E-state index contributed by atoms with van der Waals surface area (Å²) in [6, 6.07) is 18.4. The lowest BCUT2D eigenvalue weighted by Crippen LogP contribution is -2.43. The third kappa shape index (κ3) is 4.85. The smallest absolute Gasteiger partial charge is 0.227 e. The third-order valence-corrected chi connectivity index (χ3v) is 5.03. The molecule has 1 fully saturated rings. The Hall–Kier alpha value is -2.33. The van der Waals surface area contributed by atoms with Gasteiger partial charge in [-0.15, -0.1) is 0 Å². The molecule has 0 spiro atoms. The first kappa shape index (κ1) is 18.5. The van der Waals surface area contributed by atoms with E-state index in [2.05, 4.69) is 29.2 Å². The highest BCUT2D eigenvalue weighted by Crippen LogP contribution is 2.22. The number of hydrogen-bond acceptors (Lipinski definition) is 3. The Morgan fingerprint density at radius 3 is 2.69 bits per heavy atom. The van der Waals surface area contributed by atoms with Crippen LogP contribution < -0.4 is 4.74 Å². The third-order valence-electron chi connectivity index (χ3n) is 5.03. The fourth-order valence-electron chi connectivity index (χ4n) is 3.68. The maximum atomic E-state index is 12.9. The zero-order chi connectivity index (χ0) is 18.4. The Labute approximate surface area is 156 Å². The molecule has 4 nitrogen and oxygen atoms in total. The number of rotatable bonds is 6. The number of piperidine rings is 1. The van der Waals surface area contributed by atoms with Gasteiger partial charge in [-0.25, -0.2) is 0 Å². The van der Waals surface area contributed by atoms with Crippen LogP contribution in [0.3, 0.4) is 0 Å². The lowest BCUT2D eigenvalue weighted by molar-refractivity contribution is -0.136. The van der Waals surface area contributed by atoms with Gasteiger partial charge in [0.15, 0.2) is 0 Å². The second-order valence-electron chi connectivity index (χ2n) is 7.11. The molecule has 1 aliphatic rings. The van der Waals surface area contributed by atoms with Crippen molar-refractivity contribution in [2.24, 2.45) is 5.92 Å². The maximum absolute atomic E-state index is 12.9. The van der Waals surface area contributed by atoms with Crippen molar-refractivity contribution in [1.29, 1.82) is 0 Å². The molecule has 2 aromatic rings. The minimum atomic E-state index is 0.0862. The summed E-state index contributed by atoms with van der Waals surface area (Å²) in [5, 5.41) is 0. The van der Waals surface area contributed by atoms with Crippen molar-refractivity contribution in [2.75, 3.05) is 27.2 Å². The van der Waals surface area contributed by atoms with Crippen LogP contribution in [0.15, 0.2) is 54.6 Å². The molecule has 1 unspecified atom stereocenters. The Kier molecular flexibility index (Phi) is 6.29. The minimum absolute atomic E-state index is 0.0862. The number of ether oxygens (including phenoxy) is 1. The Balaban J connectivity index is 1.57. The fourth-order valence-corrected chi connectivity index (χ4v) is 3.68. The molecule has 1 atom stereocenters. The van der Waals surface area contributed by atoms with Crippen LogP contribution in [0.25, 0.3) is 0 Å². The molecule has 0 radical (unpaired) electrons. The zero-order valence-electron chi connectivity index (χ0n) is 15.7. The molecule has 0 saturated carbocycles. The monoisotopic (exact) mass is 352 g/mol. The number of carbonyl (C=O) groups is 1. The zero-order valence-corrected chi connectivity index (χ0v) is 15.7. The quantitative estimate of drug-likeness (QED) is 0.797. The Bertz CT molecular complexity index is 717. The lowest BCUT2D eigenvalue weighted by atomic mass is 9.96. The molecule has 26 heavy (non-hydrogen) atoms. The predicted molar refractivity (Wildman–Crippen MR) is 104 cm³/mol. The van der Waals surface area contributed by atoms with Crippen molar-refractivity contribution in [2.45, 2.75) is 25.9 Å². The summed E-state index contributed by atoms with van der Waals surface area (Å²) in [6.07, 6.45) is 2.05. The van der Waals surface area contributed by atoms with Gasteiger partial charge in [0, 0.05) is 26.7 Å². The van der Waals surface area contributed by atoms with Crippen LogP contribution in [-0.4, -0.2) is 43.0 Å². The van der Waals surface area contributed by atoms with Crippen molar-refractivity contribution in [3.8, 4) is 5.75 Å². The standard InChI is InChI=1S/C22H28N2O2/c1-23(15-18-8-4-3-5-9-18)22(25)20-11-7-13-24(17-20)16-19-10-6-12-21(14-19)26-2/h3-6,8-10,12,14,20H,7,11,13,15-17H2,1-2H3. The number of amides is 1. The molecular formula is C22H28N2O2. The van der Waals surface area contributed by atoms with Crippen LogP contribution in [0.2, 0.25) is 0 Å². The van der Waals surface area contributed by atoms with Gasteiger partial charge in [-0.1, -0.05) is 42.5 Å². The van der Waals surface area contributed by atoms with Crippen LogP contribution in [-0.2, 0) is 17.9 Å². The van der Waals surface area contributed by atoms with E-state index in [1.54, 1.807) is 7.11 Å². The van der Waals surface area contributed by atoms with Gasteiger partial charge < -0.3 is 9.64 Å². The summed E-state index contributed by atoms with van der Waals surface area (Å²) in [6.45, 7) is 3.41. The summed E-state index contributed by atoms with van der Waals surface area (Å²) in [7, 11) is 3.60. The summed E-state index contributed by atoms with van der Waals surface area (Å²) < 4.78 is 5.31. The van der Waals surface area contributed by atoms with E-state index in [-0.39, 0.29) is 11.8 Å². The fraction of sp³-hybridized carbons (Fsp3) is 0.409. The van der Waals surface area contributed by atoms with Gasteiger partial charge in [0.1, 0.15) is 5.75 Å². The number of hydrogen-bond donors (Lipinski definition) is 0. The molecule has 3 rings (SSSR count). The number of methoxy groups -OCH3 is 1. The van der Waals surface area contributed by atoms with Crippen LogP contribution in [0, 0.1) is 5.92 Å². The largest absolute Gasteiger partial charge is 0.497 e. The van der Waals surface area contributed by atoms with Crippen LogP contribution in [0.4, 0.5) is 0 Å².